The Hall–Kier alpha value is -3.48. The number of H-pyrrole nitrogens is 1. The van der Waals surface area contributed by atoms with Crippen molar-refractivity contribution in [2.75, 3.05) is 12.3 Å². The van der Waals surface area contributed by atoms with Gasteiger partial charge < -0.3 is 16.0 Å². The van der Waals surface area contributed by atoms with Gasteiger partial charge in [0.2, 0.25) is 5.95 Å². The monoisotopic (exact) mass is 348 g/mol. The molecule has 0 atom stereocenters. The van der Waals surface area contributed by atoms with Gasteiger partial charge in [-0.05, 0) is 43.7 Å². The predicted molar refractivity (Wildman–Crippen MR) is 102 cm³/mol. The summed E-state index contributed by atoms with van der Waals surface area (Å²) in [6, 6.07) is 7.24. The molecule has 26 heavy (non-hydrogen) atoms. The molecule has 0 radical (unpaired) electrons. The molecule has 3 heterocycles. The first-order valence-electron chi connectivity index (χ1n) is 8.25. The lowest BCUT2D eigenvalue weighted by molar-refractivity contribution is 0.0953. The van der Waals surface area contributed by atoms with E-state index in [1.54, 1.807) is 18.3 Å². The second-order valence-electron chi connectivity index (χ2n) is 5.66. The Balaban J connectivity index is 1.82. The molecule has 4 N–H and O–H groups in total. The van der Waals surface area contributed by atoms with Crippen molar-refractivity contribution in [2.24, 2.45) is 0 Å². The number of nitrogens with zero attached hydrogens (tertiary/aromatic N) is 3. The highest BCUT2D eigenvalue weighted by atomic mass is 16.1. The summed E-state index contributed by atoms with van der Waals surface area (Å²) in [6.07, 6.45) is 7.45. The van der Waals surface area contributed by atoms with E-state index in [0.717, 1.165) is 11.0 Å². The van der Waals surface area contributed by atoms with E-state index in [2.05, 4.69) is 25.3 Å². The molecular formula is C19H20N6O. The number of pyridine rings is 1. The van der Waals surface area contributed by atoms with Crippen LogP contribution >= 0.6 is 0 Å². The van der Waals surface area contributed by atoms with Crippen molar-refractivity contribution in [3.05, 3.63) is 60.0 Å². The molecule has 3 aromatic rings. The second-order valence-corrected chi connectivity index (χ2v) is 5.66. The minimum atomic E-state index is -0.181. The number of nitrogens with one attached hydrogen (secondary N) is 2. The molecule has 0 saturated heterocycles. The molecule has 0 spiro atoms. The van der Waals surface area contributed by atoms with E-state index in [1.165, 1.54) is 0 Å². The van der Waals surface area contributed by atoms with E-state index >= 15 is 0 Å². The van der Waals surface area contributed by atoms with Crippen LogP contribution in [0.1, 0.15) is 24.3 Å². The molecule has 3 aromatic heterocycles. The Kier molecular flexibility index (Phi) is 5.07. The summed E-state index contributed by atoms with van der Waals surface area (Å²) >= 11 is 0. The molecule has 0 aliphatic carbocycles. The number of hydrogen-bond donors (Lipinski definition) is 3. The fourth-order valence-corrected chi connectivity index (χ4v) is 2.54. The number of carbonyl (C=O) groups excluding carboxylic acids is 1. The van der Waals surface area contributed by atoms with Crippen molar-refractivity contribution in [3.8, 4) is 11.4 Å². The topological polar surface area (TPSA) is 110 Å². The van der Waals surface area contributed by atoms with Crippen LogP contribution in [-0.2, 0) is 0 Å². The number of rotatable bonds is 5. The molecular weight excluding hydrogens is 328 g/mol. The first kappa shape index (κ1) is 17.3. The van der Waals surface area contributed by atoms with Gasteiger partial charge in [-0.1, -0.05) is 18.2 Å². The van der Waals surface area contributed by atoms with Gasteiger partial charge in [-0.15, -0.1) is 0 Å². The number of aromatic amines is 1. The van der Waals surface area contributed by atoms with E-state index in [-0.39, 0.29) is 11.9 Å². The van der Waals surface area contributed by atoms with E-state index in [0.29, 0.717) is 29.3 Å². The largest absolute Gasteiger partial charge is 0.368 e. The highest BCUT2D eigenvalue weighted by Crippen LogP contribution is 2.20. The van der Waals surface area contributed by atoms with Gasteiger partial charge in [0.1, 0.15) is 11.3 Å². The number of hydrogen-bond acceptors (Lipinski definition) is 5. The molecule has 0 bridgehead atoms. The normalized spacial score (nSPS) is 12.0. The summed E-state index contributed by atoms with van der Waals surface area (Å²) in [7, 11) is 0. The Morgan fingerprint density at radius 3 is 2.77 bits per heavy atom. The molecule has 7 heteroatoms. The van der Waals surface area contributed by atoms with Crippen LogP contribution in [0, 0.1) is 0 Å². The molecule has 132 valence electrons. The molecule has 0 fully saturated rings. The van der Waals surface area contributed by atoms with Crippen LogP contribution in [0.3, 0.4) is 0 Å². The average molecular weight is 348 g/mol. The Bertz CT molecular complexity index is 1000. The van der Waals surface area contributed by atoms with Gasteiger partial charge in [0, 0.05) is 18.1 Å². The minimum absolute atomic E-state index is 0.181. The van der Waals surface area contributed by atoms with Crippen molar-refractivity contribution >= 4 is 22.9 Å². The standard InChI is InChI=1S/C19H20N6O/c1-3-5-12(4-2)11-22-18(26)16-10-13-6-7-14(23-17(13)24-16)15-8-9-21-19(20)25-15/h3-10H,11H2,1-2H3,(H,22,26)(H,23,24)(H2,20,21,25)/b5-3-,12-4+. The highest BCUT2D eigenvalue weighted by molar-refractivity contribution is 5.97. The average Bonchev–Trinajstić information content (AvgIpc) is 3.08. The Labute approximate surface area is 151 Å². The highest BCUT2D eigenvalue weighted by Gasteiger charge is 2.11. The van der Waals surface area contributed by atoms with Gasteiger partial charge in [0.15, 0.2) is 0 Å². The Morgan fingerprint density at radius 2 is 2.04 bits per heavy atom. The number of anilines is 1. The molecule has 1 amide bonds. The summed E-state index contributed by atoms with van der Waals surface area (Å²) in [6.45, 7) is 4.35. The van der Waals surface area contributed by atoms with Gasteiger partial charge in [-0.3, -0.25) is 4.79 Å². The number of aromatic nitrogens is 4. The molecule has 0 aromatic carbocycles. The maximum absolute atomic E-state index is 12.4. The third-order valence-corrected chi connectivity index (χ3v) is 3.87. The van der Waals surface area contributed by atoms with Crippen molar-refractivity contribution in [1.29, 1.82) is 0 Å². The molecule has 0 aliphatic rings. The second kappa shape index (κ2) is 7.60. The van der Waals surface area contributed by atoms with Gasteiger partial charge in [0.25, 0.3) is 5.91 Å². The molecule has 0 unspecified atom stereocenters. The van der Waals surface area contributed by atoms with Crippen LogP contribution < -0.4 is 11.1 Å². The van der Waals surface area contributed by atoms with Gasteiger partial charge >= 0.3 is 0 Å². The zero-order valence-corrected chi connectivity index (χ0v) is 14.7. The predicted octanol–water partition coefficient (Wildman–Crippen LogP) is 2.85. The van der Waals surface area contributed by atoms with Crippen LogP contribution in [-0.4, -0.2) is 32.4 Å². The summed E-state index contributed by atoms with van der Waals surface area (Å²) in [4.78, 5) is 28.0. The van der Waals surface area contributed by atoms with Crippen LogP contribution in [0.15, 0.2) is 54.3 Å². The van der Waals surface area contributed by atoms with Crippen LogP contribution in [0.2, 0.25) is 0 Å². The lowest BCUT2D eigenvalue weighted by Gasteiger charge is -2.04. The van der Waals surface area contributed by atoms with Crippen molar-refractivity contribution < 1.29 is 4.79 Å². The minimum Gasteiger partial charge on any atom is -0.368 e. The quantitative estimate of drug-likeness (QED) is 0.614. The van der Waals surface area contributed by atoms with E-state index in [9.17, 15) is 4.79 Å². The molecule has 3 rings (SSSR count). The zero-order valence-electron chi connectivity index (χ0n) is 14.7. The number of allylic oxidation sites excluding steroid dienone is 2. The van der Waals surface area contributed by atoms with Crippen LogP contribution in [0.25, 0.3) is 22.4 Å². The lowest BCUT2D eigenvalue weighted by Crippen LogP contribution is -2.25. The SMILES string of the molecule is C/C=C\C(=C/C)CNC(=O)c1cc2ccc(-c3ccnc(N)n3)nc2[nH]1. The van der Waals surface area contributed by atoms with Crippen molar-refractivity contribution in [3.63, 3.8) is 0 Å². The maximum atomic E-state index is 12.4. The number of nitrogen functional groups attached to an aromatic ring is 1. The van der Waals surface area contributed by atoms with Crippen molar-refractivity contribution in [1.82, 2.24) is 25.3 Å². The summed E-state index contributed by atoms with van der Waals surface area (Å²) in [5.41, 5.74) is 9.03. The first-order valence-corrected chi connectivity index (χ1v) is 8.25. The van der Waals surface area contributed by atoms with Crippen molar-refractivity contribution in [2.45, 2.75) is 13.8 Å². The van der Waals surface area contributed by atoms with Gasteiger partial charge in [-0.25, -0.2) is 15.0 Å². The number of fused-ring (bicyclic) bond motifs is 1. The van der Waals surface area contributed by atoms with Gasteiger partial charge in [0.05, 0.1) is 11.4 Å². The third kappa shape index (κ3) is 3.77. The summed E-state index contributed by atoms with van der Waals surface area (Å²) < 4.78 is 0. The first-order chi connectivity index (χ1) is 12.6. The van der Waals surface area contributed by atoms with E-state index < -0.39 is 0 Å². The van der Waals surface area contributed by atoms with Gasteiger partial charge in [-0.2, -0.15) is 0 Å². The fourth-order valence-electron chi connectivity index (χ4n) is 2.54. The number of amides is 1. The molecule has 7 nitrogen and oxygen atoms in total. The summed E-state index contributed by atoms with van der Waals surface area (Å²) in [5, 5.41) is 3.74. The van der Waals surface area contributed by atoms with Crippen LogP contribution in [0.4, 0.5) is 5.95 Å². The van der Waals surface area contributed by atoms with E-state index in [4.69, 9.17) is 5.73 Å². The number of carbonyl (C=O) groups is 1. The number of nitrogens with two attached hydrogens (primary N) is 1. The molecule has 0 saturated carbocycles. The maximum Gasteiger partial charge on any atom is 0.268 e. The third-order valence-electron chi connectivity index (χ3n) is 3.87. The Morgan fingerprint density at radius 1 is 1.23 bits per heavy atom. The van der Waals surface area contributed by atoms with E-state index in [1.807, 2.05) is 44.2 Å². The zero-order chi connectivity index (χ0) is 18.5. The smallest absolute Gasteiger partial charge is 0.268 e. The lowest BCUT2D eigenvalue weighted by atomic mass is 10.2. The summed E-state index contributed by atoms with van der Waals surface area (Å²) in [5.74, 6) is 0.0107. The van der Waals surface area contributed by atoms with Crippen LogP contribution in [0.5, 0.6) is 0 Å². The molecule has 0 aliphatic heterocycles. The fraction of sp³-hybridized carbons (Fsp3) is 0.158.